The van der Waals surface area contributed by atoms with Crippen LogP contribution in [0.2, 0.25) is 0 Å². The van der Waals surface area contributed by atoms with Crippen molar-refractivity contribution in [2.45, 2.75) is 75.8 Å². The van der Waals surface area contributed by atoms with Crippen LogP contribution in [0.25, 0.3) is 0 Å². The highest BCUT2D eigenvalue weighted by atomic mass is 19.4. The molecule has 0 spiro atoms. The van der Waals surface area contributed by atoms with Gasteiger partial charge in [0, 0.05) is 58.2 Å². The quantitative estimate of drug-likeness (QED) is 0.363. The molecule has 2 saturated heterocycles. The molecule has 0 radical (unpaired) electrons. The van der Waals surface area contributed by atoms with Crippen molar-refractivity contribution in [3.8, 4) is 0 Å². The van der Waals surface area contributed by atoms with Gasteiger partial charge < -0.3 is 9.80 Å². The maximum Gasteiger partial charge on any atom is 0.416 e. The number of rotatable bonds is 5. The molecule has 0 N–H and O–H groups in total. The molecule has 0 saturated carbocycles. The molecule has 43 heavy (non-hydrogen) atoms. The molecule has 12 heteroatoms. The van der Waals surface area contributed by atoms with Crippen LogP contribution in [0.15, 0.2) is 42.5 Å². The van der Waals surface area contributed by atoms with E-state index in [9.17, 15) is 40.3 Å². The van der Waals surface area contributed by atoms with Gasteiger partial charge in [-0.3, -0.25) is 14.5 Å². The highest BCUT2D eigenvalue weighted by molar-refractivity contribution is 5.87. The molecule has 5 nitrogen and oxygen atoms in total. The summed E-state index contributed by atoms with van der Waals surface area (Å²) in [4.78, 5) is 31.3. The smallest absolute Gasteiger partial charge is 0.343 e. The van der Waals surface area contributed by atoms with E-state index in [0.29, 0.717) is 44.7 Å². The third-order valence-electron chi connectivity index (χ3n) is 8.99. The molecule has 2 amide bonds. The number of likely N-dealkylation sites (N-methyl/N-ethyl adjacent to an activating group) is 1. The fourth-order valence-electron chi connectivity index (χ4n) is 6.37. The van der Waals surface area contributed by atoms with Crippen molar-refractivity contribution in [1.82, 2.24) is 14.7 Å². The van der Waals surface area contributed by atoms with Crippen molar-refractivity contribution in [1.29, 1.82) is 0 Å². The van der Waals surface area contributed by atoms with Crippen molar-refractivity contribution >= 4 is 11.8 Å². The minimum atomic E-state index is -5.04. The molecule has 236 valence electrons. The van der Waals surface area contributed by atoms with Crippen LogP contribution in [-0.4, -0.2) is 71.8 Å². The van der Waals surface area contributed by atoms with Crippen LogP contribution in [0.3, 0.4) is 0 Å². The summed E-state index contributed by atoms with van der Waals surface area (Å²) in [7, 11) is 1.52. The van der Waals surface area contributed by atoms with E-state index in [-0.39, 0.29) is 29.5 Å². The van der Waals surface area contributed by atoms with Crippen molar-refractivity contribution in [2.75, 3.05) is 33.2 Å². The lowest BCUT2D eigenvalue weighted by Gasteiger charge is -2.48. The number of piperidine rings is 2. The van der Waals surface area contributed by atoms with Crippen LogP contribution < -0.4 is 0 Å². The zero-order valence-electron chi connectivity index (χ0n) is 24.5. The van der Waals surface area contributed by atoms with E-state index in [1.165, 1.54) is 44.9 Å². The maximum absolute atomic E-state index is 14.0. The van der Waals surface area contributed by atoms with Gasteiger partial charge in [-0.2, -0.15) is 26.3 Å². The first-order valence-electron chi connectivity index (χ1n) is 14.2. The largest absolute Gasteiger partial charge is 0.416 e. The zero-order chi connectivity index (χ0) is 31.9. The Morgan fingerprint density at radius 1 is 0.814 bits per heavy atom. The van der Waals surface area contributed by atoms with Gasteiger partial charge in [0.1, 0.15) is 5.82 Å². The Labute approximate surface area is 246 Å². The van der Waals surface area contributed by atoms with Gasteiger partial charge in [0.05, 0.1) is 16.5 Å². The first kappa shape index (κ1) is 32.8. The maximum atomic E-state index is 14.0. The first-order chi connectivity index (χ1) is 19.9. The molecular formula is C31H36F7N3O2. The fraction of sp³-hybridized carbons (Fsp3) is 0.548. The number of likely N-dealkylation sites (tertiary alicyclic amines) is 2. The summed E-state index contributed by atoms with van der Waals surface area (Å²) in [6, 6.07) is 6.94. The van der Waals surface area contributed by atoms with Gasteiger partial charge in [0.25, 0.3) is 0 Å². The van der Waals surface area contributed by atoms with Gasteiger partial charge in [0.2, 0.25) is 11.8 Å². The van der Waals surface area contributed by atoms with Crippen molar-refractivity contribution in [3.05, 3.63) is 70.5 Å². The molecule has 2 aromatic rings. The van der Waals surface area contributed by atoms with Gasteiger partial charge >= 0.3 is 12.4 Å². The molecule has 2 aromatic carbocycles. The second-order valence-corrected chi connectivity index (χ2v) is 12.1. The number of carbonyl (C=O) groups excluding carboxylic acids is 2. The van der Waals surface area contributed by atoms with Crippen LogP contribution in [0, 0.1) is 5.82 Å². The average molecular weight is 616 g/mol. The number of halogens is 7. The second-order valence-electron chi connectivity index (χ2n) is 12.1. The summed E-state index contributed by atoms with van der Waals surface area (Å²) in [5, 5.41) is 0. The number of alkyl halides is 6. The molecule has 0 bridgehead atoms. The lowest BCUT2D eigenvalue weighted by atomic mass is 9.79. The molecule has 0 aromatic heterocycles. The minimum absolute atomic E-state index is 0.0206. The lowest BCUT2D eigenvalue weighted by molar-refractivity contribution is -0.144. The van der Waals surface area contributed by atoms with E-state index in [4.69, 9.17) is 0 Å². The molecule has 2 aliphatic rings. The number of benzene rings is 2. The predicted octanol–water partition coefficient (Wildman–Crippen LogP) is 6.47. The standard InChI is InChI=1S/C31H36F7N3O2/c1-19(42)40-12-9-25(10-13-40)41-14-11-27(26(18-41)20-5-7-24(32)8-6-20)39(4)28(43)29(2,3)21-15-22(30(33,34)35)17-23(16-21)31(36,37)38/h5-8,15-17,25-27H,9-14,18H2,1-4H3/t26-,27+/m0/s1. The van der Waals surface area contributed by atoms with Crippen LogP contribution in [0.5, 0.6) is 0 Å². The van der Waals surface area contributed by atoms with Gasteiger partial charge in [-0.1, -0.05) is 12.1 Å². The number of nitrogens with zero attached hydrogens (tertiary/aromatic N) is 3. The summed E-state index contributed by atoms with van der Waals surface area (Å²) in [5.41, 5.74) is -4.30. The fourth-order valence-corrected chi connectivity index (χ4v) is 6.37. The number of hydrogen-bond acceptors (Lipinski definition) is 3. The van der Waals surface area contributed by atoms with Crippen molar-refractivity contribution < 1.29 is 40.3 Å². The molecule has 2 atom stereocenters. The third kappa shape index (κ3) is 7.16. The summed E-state index contributed by atoms with van der Waals surface area (Å²) in [6.45, 7) is 6.57. The molecule has 2 heterocycles. The first-order valence-corrected chi connectivity index (χ1v) is 14.2. The zero-order valence-corrected chi connectivity index (χ0v) is 24.5. The van der Waals surface area contributed by atoms with Crippen LogP contribution in [0.1, 0.15) is 68.2 Å². The summed E-state index contributed by atoms with van der Waals surface area (Å²) in [6.07, 6.45) is -8.04. The lowest BCUT2D eigenvalue weighted by Crippen LogP contribution is -2.56. The third-order valence-corrected chi connectivity index (χ3v) is 8.99. The Kier molecular flexibility index (Phi) is 9.21. The Balaban J connectivity index is 1.63. The van der Waals surface area contributed by atoms with Crippen molar-refractivity contribution in [2.24, 2.45) is 0 Å². The Hall–Kier alpha value is -3.15. The van der Waals surface area contributed by atoms with Gasteiger partial charge in [-0.25, -0.2) is 4.39 Å². The minimum Gasteiger partial charge on any atom is -0.343 e. The van der Waals surface area contributed by atoms with Crippen LogP contribution >= 0.6 is 0 Å². The predicted molar refractivity (Wildman–Crippen MR) is 147 cm³/mol. The summed E-state index contributed by atoms with van der Waals surface area (Å²) >= 11 is 0. The van der Waals surface area contributed by atoms with Gasteiger partial charge in [-0.15, -0.1) is 0 Å². The van der Waals surface area contributed by atoms with E-state index in [1.54, 1.807) is 17.0 Å². The van der Waals surface area contributed by atoms with E-state index >= 15 is 0 Å². The van der Waals surface area contributed by atoms with Gasteiger partial charge in [-0.05, 0) is 74.6 Å². The van der Waals surface area contributed by atoms with Crippen molar-refractivity contribution in [3.63, 3.8) is 0 Å². The summed E-state index contributed by atoms with van der Waals surface area (Å²) in [5.74, 6) is -1.33. The monoisotopic (exact) mass is 615 g/mol. The SMILES string of the molecule is CC(=O)N1CCC(N2CC[C@@H](N(C)C(=O)C(C)(C)c3cc(C(F)(F)F)cc(C(F)(F)F)c3)[C@H](c3ccc(F)cc3)C2)CC1. The molecular weight excluding hydrogens is 579 g/mol. The Bertz CT molecular complexity index is 1280. The van der Waals surface area contributed by atoms with E-state index in [2.05, 4.69) is 4.90 Å². The normalized spacial score (nSPS) is 21.1. The Morgan fingerprint density at radius 2 is 1.33 bits per heavy atom. The number of amides is 2. The highest BCUT2D eigenvalue weighted by Crippen LogP contribution is 2.41. The average Bonchev–Trinajstić information content (AvgIpc) is 2.95. The molecule has 4 rings (SSSR count). The molecule has 2 fully saturated rings. The van der Waals surface area contributed by atoms with E-state index in [0.717, 1.165) is 18.4 Å². The molecule has 0 unspecified atom stereocenters. The summed E-state index contributed by atoms with van der Waals surface area (Å²) < 4.78 is 95.3. The molecule has 0 aliphatic carbocycles. The number of carbonyl (C=O) groups is 2. The van der Waals surface area contributed by atoms with E-state index in [1.807, 2.05) is 0 Å². The number of hydrogen-bond donors (Lipinski definition) is 0. The second kappa shape index (κ2) is 12.1. The topological polar surface area (TPSA) is 43.9 Å². The highest BCUT2D eigenvalue weighted by Gasteiger charge is 2.44. The Morgan fingerprint density at radius 3 is 1.81 bits per heavy atom. The molecule has 2 aliphatic heterocycles. The van der Waals surface area contributed by atoms with Crippen LogP contribution in [-0.2, 0) is 27.4 Å². The van der Waals surface area contributed by atoms with Gasteiger partial charge in [0.15, 0.2) is 0 Å². The van der Waals surface area contributed by atoms with Crippen LogP contribution in [0.4, 0.5) is 30.7 Å². The van der Waals surface area contributed by atoms with E-state index < -0.39 is 46.7 Å².